The number of benzene rings is 1. The Labute approximate surface area is 103 Å². The number of nitrogens with zero attached hydrogens (tertiary/aromatic N) is 1. The summed E-state index contributed by atoms with van der Waals surface area (Å²) in [5.74, 6) is 0.395. The van der Waals surface area contributed by atoms with Gasteiger partial charge in [0.05, 0.1) is 11.6 Å². The molecule has 0 aromatic heterocycles. The highest BCUT2D eigenvalue weighted by molar-refractivity contribution is 5.31. The molecule has 1 aromatic rings. The molecule has 0 bridgehead atoms. The van der Waals surface area contributed by atoms with Gasteiger partial charge in [-0.2, -0.15) is 5.26 Å². The van der Waals surface area contributed by atoms with E-state index in [1.165, 1.54) is 5.56 Å². The van der Waals surface area contributed by atoms with Crippen LogP contribution in [-0.2, 0) is 6.54 Å². The minimum atomic E-state index is 0.273. The summed E-state index contributed by atoms with van der Waals surface area (Å²) >= 11 is 0. The molecule has 1 aromatic carbocycles. The van der Waals surface area contributed by atoms with Crippen LogP contribution in [0.15, 0.2) is 24.3 Å². The van der Waals surface area contributed by atoms with Crippen LogP contribution in [0.25, 0.3) is 0 Å². The zero-order valence-corrected chi connectivity index (χ0v) is 10.3. The molecule has 0 heterocycles. The monoisotopic (exact) mass is 232 g/mol. The van der Waals surface area contributed by atoms with E-state index in [9.17, 15) is 0 Å². The minimum absolute atomic E-state index is 0.273. The second-order valence-electron chi connectivity index (χ2n) is 4.42. The molecule has 1 unspecified atom stereocenters. The van der Waals surface area contributed by atoms with Crippen molar-refractivity contribution in [3.05, 3.63) is 35.4 Å². The number of nitrogens with one attached hydrogen (secondary N) is 1. The molecule has 3 nitrogen and oxygen atoms in total. The lowest BCUT2D eigenvalue weighted by atomic mass is 10.1. The summed E-state index contributed by atoms with van der Waals surface area (Å²) in [5.41, 5.74) is 1.89. The molecule has 0 radical (unpaired) electrons. The number of aliphatic hydroxyl groups is 1. The van der Waals surface area contributed by atoms with Crippen LogP contribution in [0.5, 0.6) is 0 Å². The Morgan fingerprint density at radius 1 is 1.35 bits per heavy atom. The fraction of sp³-hybridized carbons (Fsp3) is 0.500. The second-order valence-corrected chi connectivity index (χ2v) is 4.42. The van der Waals surface area contributed by atoms with Gasteiger partial charge in [0.2, 0.25) is 0 Å². The summed E-state index contributed by atoms with van der Waals surface area (Å²) in [6, 6.07) is 9.73. The van der Waals surface area contributed by atoms with Crippen molar-refractivity contribution in [2.75, 3.05) is 13.2 Å². The number of aliphatic hydroxyl groups excluding tert-OH is 1. The largest absolute Gasteiger partial charge is 0.396 e. The van der Waals surface area contributed by atoms with Crippen molar-refractivity contribution in [1.29, 1.82) is 5.26 Å². The highest BCUT2D eigenvalue weighted by Gasteiger charge is 1.99. The van der Waals surface area contributed by atoms with E-state index >= 15 is 0 Å². The first-order chi connectivity index (χ1) is 8.26. The number of nitriles is 1. The third-order valence-corrected chi connectivity index (χ3v) is 2.77. The first-order valence-electron chi connectivity index (χ1n) is 6.07. The second kappa shape index (κ2) is 7.83. The Kier molecular flexibility index (Phi) is 6.31. The summed E-state index contributed by atoms with van der Waals surface area (Å²) < 4.78 is 0. The van der Waals surface area contributed by atoms with Gasteiger partial charge in [-0.25, -0.2) is 0 Å². The van der Waals surface area contributed by atoms with Crippen molar-refractivity contribution in [1.82, 2.24) is 5.32 Å². The van der Waals surface area contributed by atoms with E-state index in [1.54, 1.807) is 0 Å². The number of rotatable bonds is 7. The summed E-state index contributed by atoms with van der Waals surface area (Å²) in [6.45, 7) is 4.12. The molecule has 1 atom stereocenters. The highest BCUT2D eigenvalue weighted by atomic mass is 16.3. The molecule has 0 aliphatic carbocycles. The maximum absolute atomic E-state index is 8.87. The molecular formula is C14H20N2O. The van der Waals surface area contributed by atoms with Crippen molar-refractivity contribution in [2.45, 2.75) is 26.3 Å². The van der Waals surface area contributed by atoms with Gasteiger partial charge in [-0.05, 0) is 43.0 Å². The first kappa shape index (κ1) is 13.7. The van der Waals surface area contributed by atoms with E-state index in [0.29, 0.717) is 11.5 Å². The average Bonchev–Trinajstić information content (AvgIpc) is 2.38. The molecule has 2 N–H and O–H groups in total. The van der Waals surface area contributed by atoms with Gasteiger partial charge in [0.25, 0.3) is 0 Å². The van der Waals surface area contributed by atoms with E-state index in [2.05, 4.69) is 18.3 Å². The van der Waals surface area contributed by atoms with E-state index in [1.807, 2.05) is 24.3 Å². The standard InChI is InChI=1S/C14H20N2O/c1-12(11-17)3-2-8-16-10-14-6-4-13(9-15)5-7-14/h4-7,12,16-17H,2-3,8,10-11H2,1H3. The smallest absolute Gasteiger partial charge is 0.0991 e. The van der Waals surface area contributed by atoms with E-state index in [-0.39, 0.29) is 6.61 Å². The van der Waals surface area contributed by atoms with Gasteiger partial charge in [-0.3, -0.25) is 0 Å². The molecule has 3 heteroatoms. The quantitative estimate of drug-likeness (QED) is 0.707. The van der Waals surface area contributed by atoms with E-state index < -0.39 is 0 Å². The Morgan fingerprint density at radius 3 is 2.65 bits per heavy atom. The van der Waals surface area contributed by atoms with Crippen molar-refractivity contribution in [2.24, 2.45) is 5.92 Å². The fourth-order valence-electron chi connectivity index (χ4n) is 1.60. The Bertz CT molecular complexity index is 353. The Hall–Kier alpha value is -1.37. The van der Waals surface area contributed by atoms with Gasteiger partial charge in [0.1, 0.15) is 0 Å². The molecular weight excluding hydrogens is 212 g/mol. The maximum Gasteiger partial charge on any atom is 0.0991 e. The van der Waals surface area contributed by atoms with Crippen LogP contribution in [0.4, 0.5) is 0 Å². The lowest BCUT2D eigenvalue weighted by molar-refractivity contribution is 0.228. The highest BCUT2D eigenvalue weighted by Crippen LogP contribution is 2.04. The summed E-state index contributed by atoms with van der Waals surface area (Å²) in [6.07, 6.45) is 2.13. The zero-order chi connectivity index (χ0) is 12.5. The lowest BCUT2D eigenvalue weighted by Gasteiger charge is -2.08. The third-order valence-electron chi connectivity index (χ3n) is 2.77. The van der Waals surface area contributed by atoms with Gasteiger partial charge in [0.15, 0.2) is 0 Å². The molecule has 92 valence electrons. The Morgan fingerprint density at radius 2 is 2.06 bits per heavy atom. The van der Waals surface area contributed by atoms with Gasteiger partial charge in [-0.1, -0.05) is 19.1 Å². The molecule has 0 spiro atoms. The molecule has 0 amide bonds. The lowest BCUT2D eigenvalue weighted by Crippen LogP contribution is -2.15. The van der Waals surface area contributed by atoms with Gasteiger partial charge in [0, 0.05) is 13.2 Å². The molecule has 0 aliphatic rings. The van der Waals surface area contributed by atoms with Crippen molar-refractivity contribution >= 4 is 0 Å². The van der Waals surface area contributed by atoms with Crippen LogP contribution in [0.2, 0.25) is 0 Å². The van der Waals surface area contributed by atoms with Crippen molar-refractivity contribution in [3.8, 4) is 6.07 Å². The van der Waals surface area contributed by atoms with Gasteiger partial charge < -0.3 is 10.4 Å². The summed E-state index contributed by atoms with van der Waals surface area (Å²) in [7, 11) is 0. The van der Waals surface area contributed by atoms with E-state index in [4.69, 9.17) is 10.4 Å². The van der Waals surface area contributed by atoms with Gasteiger partial charge in [-0.15, -0.1) is 0 Å². The van der Waals surface area contributed by atoms with Crippen LogP contribution in [-0.4, -0.2) is 18.3 Å². The van der Waals surface area contributed by atoms with E-state index in [0.717, 1.165) is 25.9 Å². The Balaban J connectivity index is 2.16. The van der Waals surface area contributed by atoms with Crippen LogP contribution in [0.1, 0.15) is 30.9 Å². The summed E-state index contributed by atoms with van der Waals surface area (Å²) in [4.78, 5) is 0. The molecule has 0 saturated heterocycles. The predicted molar refractivity (Wildman–Crippen MR) is 68.3 cm³/mol. The van der Waals surface area contributed by atoms with Crippen molar-refractivity contribution < 1.29 is 5.11 Å². The maximum atomic E-state index is 8.87. The molecule has 0 saturated carbocycles. The molecule has 1 rings (SSSR count). The zero-order valence-electron chi connectivity index (χ0n) is 10.3. The first-order valence-corrected chi connectivity index (χ1v) is 6.07. The molecule has 17 heavy (non-hydrogen) atoms. The minimum Gasteiger partial charge on any atom is -0.396 e. The van der Waals surface area contributed by atoms with Crippen LogP contribution >= 0.6 is 0 Å². The van der Waals surface area contributed by atoms with Crippen LogP contribution < -0.4 is 5.32 Å². The van der Waals surface area contributed by atoms with Crippen LogP contribution in [0.3, 0.4) is 0 Å². The van der Waals surface area contributed by atoms with Crippen molar-refractivity contribution in [3.63, 3.8) is 0 Å². The molecule has 0 fully saturated rings. The number of hydrogen-bond acceptors (Lipinski definition) is 3. The van der Waals surface area contributed by atoms with Gasteiger partial charge >= 0.3 is 0 Å². The third kappa shape index (κ3) is 5.48. The number of hydrogen-bond donors (Lipinski definition) is 2. The topological polar surface area (TPSA) is 56.0 Å². The average molecular weight is 232 g/mol. The predicted octanol–water partition coefficient (Wildman–Crippen LogP) is 2.06. The summed E-state index contributed by atoms with van der Waals surface area (Å²) in [5, 5.41) is 20.9. The molecule has 0 aliphatic heterocycles. The fourth-order valence-corrected chi connectivity index (χ4v) is 1.60. The SMILES string of the molecule is CC(CO)CCCNCc1ccc(C#N)cc1. The normalized spacial score (nSPS) is 12.1. The van der Waals surface area contributed by atoms with Crippen LogP contribution in [0, 0.1) is 17.2 Å².